The maximum absolute atomic E-state index is 13.3. The van der Waals surface area contributed by atoms with E-state index in [2.05, 4.69) is 10.2 Å². The smallest absolute Gasteiger partial charge is 0.311 e. The van der Waals surface area contributed by atoms with Gasteiger partial charge in [0.1, 0.15) is 5.82 Å². The van der Waals surface area contributed by atoms with Gasteiger partial charge in [0, 0.05) is 24.7 Å². The number of fused-ring (bicyclic) bond motifs is 2. The Morgan fingerprint density at radius 3 is 2.41 bits per heavy atom. The van der Waals surface area contributed by atoms with Gasteiger partial charge in [0.05, 0.1) is 5.56 Å². The van der Waals surface area contributed by atoms with E-state index in [1.807, 2.05) is 7.05 Å². The van der Waals surface area contributed by atoms with E-state index in [0.29, 0.717) is 30.2 Å². The summed E-state index contributed by atoms with van der Waals surface area (Å²) in [6.07, 6.45) is -0.221. The molecule has 2 saturated heterocycles. The van der Waals surface area contributed by atoms with Gasteiger partial charge >= 0.3 is 6.18 Å². The molecule has 2 aliphatic heterocycles. The molecule has 3 rings (SSSR count). The summed E-state index contributed by atoms with van der Waals surface area (Å²) in [6, 6.07) is 4.73. The van der Waals surface area contributed by atoms with Gasteiger partial charge < -0.3 is 5.32 Å². The molecule has 1 N–H and O–H groups in total. The van der Waals surface area contributed by atoms with Crippen LogP contribution in [-0.4, -0.2) is 30.1 Å². The lowest BCUT2D eigenvalue weighted by molar-refractivity contribution is -0.140. The zero-order valence-electron chi connectivity index (χ0n) is 12.5. The predicted octanol–water partition coefficient (Wildman–Crippen LogP) is 3.56. The van der Waals surface area contributed by atoms with Gasteiger partial charge in [-0.3, -0.25) is 4.90 Å². The molecular weight excluding hydrogens is 296 g/mol. The molecule has 2 unspecified atom stereocenters. The first-order valence-corrected chi connectivity index (χ1v) is 7.65. The van der Waals surface area contributed by atoms with E-state index in [9.17, 15) is 17.6 Å². The highest BCUT2D eigenvalue weighted by molar-refractivity contribution is 5.27. The molecule has 0 aromatic heterocycles. The summed E-state index contributed by atoms with van der Waals surface area (Å²) in [5, 5.41) is 3.55. The number of rotatable bonds is 3. The molecule has 122 valence electrons. The fraction of sp³-hybridized carbons (Fsp3) is 0.625. The number of nitrogens with zero attached hydrogens (tertiary/aromatic N) is 1. The highest BCUT2D eigenvalue weighted by Crippen LogP contribution is 2.33. The first kappa shape index (κ1) is 15.7. The fourth-order valence-corrected chi connectivity index (χ4v) is 3.69. The second-order valence-corrected chi connectivity index (χ2v) is 6.49. The number of hydrogen-bond acceptors (Lipinski definition) is 2. The van der Waals surface area contributed by atoms with Gasteiger partial charge in [0.15, 0.2) is 0 Å². The highest BCUT2D eigenvalue weighted by Gasteiger charge is 2.36. The van der Waals surface area contributed by atoms with Gasteiger partial charge in [0.25, 0.3) is 0 Å². The Bertz CT molecular complexity index is 531. The topological polar surface area (TPSA) is 15.3 Å². The molecule has 2 atom stereocenters. The average Bonchev–Trinajstić information content (AvgIpc) is 2.78. The summed E-state index contributed by atoms with van der Waals surface area (Å²) in [6.45, 7) is 0.410. The molecule has 1 aromatic rings. The van der Waals surface area contributed by atoms with Gasteiger partial charge in [-0.15, -0.1) is 0 Å². The van der Waals surface area contributed by atoms with Crippen LogP contribution in [0.4, 0.5) is 17.6 Å². The predicted molar refractivity (Wildman–Crippen MR) is 75.8 cm³/mol. The number of piperidine rings is 1. The maximum Gasteiger partial charge on any atom is 0.419 e. The maximum atomic E-state index is 13.3. The fourth-order valence-electron chi connectivity index (χ4n) is 3.69. The van der Waals surface area contributed by atoms with Crippen molar-refractivity contribution in [2.75, 3.05) is 7.05 Å². The third kappa shape index (κ3) is 3.27. The monoisotopic (exact) mass is 316 g/mol. The van der Waals surface area contributed by atoms with Crippen LogP contribution in [0.25, 0.3) is 0 Å². The second kappa shape index (κ2) is 5.81. The van der Waals surface area contributed by atoms with E-state index >= 15 is 0 Å². The second-order valence-electron chi connectivity index (χ2n) is 6.49. The standard InChI is InChI=1S/C16H20F4N2/c1-22(13-7-11-3-4-12(8-13)21-11)9-10-2-5-15(17)14(6-10)16(18,19)20/h2,5-6,11-13,21H,3-4,7-9H2,1H3. The molecule has 0 saturated carbocycles. The van der Waals surface area contributed by atoms with Crippen LogP contribution in [0.3, 0.4) is 0 Å². The lowest BCUT2D eigenvalue weighted by atomic mass is 9.98. The Labute approximate surface area is 127 Å². The molecule has 0 amide bonds. The lowest BCUT2D eigenvalue weighted by Gasteiger charge is -2.35. The van der Waals surface area contributed by atoms with Crippen molar-refractivity contribution in [3.05, 3.63) is 35.1 Å². The number of alkyl halides is 3. The third-order valence-corrected chi connectivity index (χ3v) is 4.84. The molecule has 2 aliphatic rings. The summed E-state index contributed by atoms with van der Waals surface area (Å²) in [5.41, 5.74) is -0.675. The van der Waals surface area contributed by atoms with E-state index in [1.165, 1.54) is 18.9 Å². The Balaban J connectivity index is 1.70. The summed E-state index contributed by atoms with van der Waals surface area (Å²) in [4.78, 5) is 2.10. The van der Waals surface area contributed by atoms with Crippen molar-refractivity contribution in [3.63, 3.8) is 0 Å². The van der Waals surface area contributed by atoms with Crippen LogP contribution in [0.15, 0.2) is 18.2 Å². The third-order valence-electron chi connectivity index (χ3n) is 4.84. The molecule has 2 heterocycles. The minimum Gasteiger partial charge on any atom is -0.311 e. The number of hydrogen-bond donors (Lipinski definition) is 1. The summed E-state index contributed by atoms with van der Waals surface area (Å²) >= 11 is 0. The lowest BCUT2D eigenvalue weighted by Crippen LogP contribution is -2.46. The average molecular weight is 316 g/mol. The van der Waals surface area contributed by atoms with Crippen LogP contribution in [0.1, 0.15) is 36.8 Å². The van der Waals surface area contributed by atoms with E-state index in [0.717, 1.165) is 25.0 Å². The van der Waals surface area contributed by atoms with Crippen molar-refractivity contribution in [1.29, 1.82) is 0 Å². The number of benzene rings is 1. The Kier molecular flexibility index (Phi) is 4.16. The minimum atomic E-state index is -4.65. The van der Waals surface area contributed by atoms with Crippen molar-refractivity contribution in [1.82, 2.24) is 10.2 Å². The van der Waals surface area contributed by atoms with Crippen molar-refractivity contribution in [2.24, 2.45) is 0 Å². The van der Waals surface area contributed by atoms with E-state index < -0.39 is 17.6 Å². The van der Waals surface area contributed by atoms with Gasteiger partial charge in [-0.2, -0.15) is 13.2 Å². The van der Waals surface area contributed by atoms with E-state index in [-0.39, 0.29) is 0 Å². The number of nitrogens with one attached hydrogen (secondary N) is 1. The Morgan fingerprint density at radius 2 is 1.82 bits per heavy atom. The van der Waals surface area contributed by atoms with Crippen molar-refractivity contribution >= 4 is 0 Å². The Hall–Kier alpha value is -1.14. The summed E-state index contributed by atoms with van der Waals surface area (Å²) < 4.78 is 51.6. The van der Waals surface area contributed by atoms with Gasteiger partial charge in [-0.05, 0) is 50.4 Å². The van der Waals surface area contributed by atoms with Crippen LogP contribution in [0, 0.1) is 5.82 Å². The molecule has 2 fully saturated rings. The zero-order chi connectivity index (χ0) is 15.9. The summed E-state index contributed by atoms with van der Waals surface area (Å²) in [5.74, 6) is -1.21. The van der Waals surface area contributed by atoms with Crippen molar-refractivity contribution in [3.8, 4) is 0 Å². The molecule has 1 aromatic carbocycles. The van der Waals surface area contributed by atoms with Gasteiger partial charge in [-0.1, -0.05) is 6.07 Å². The largest absolute Gasteiger partial charge is 0.419 e. The molecule has 0 spiro atoms. The number of halogens is 4. The molecule has 2 nitrogen and oxygen atoms in total. The van der Waals surface area contributed by atoms with Crippen LogP contribution in [-0.2, 0) is 12.7 Å². The van der Waals surface area contributed by atoms with Crippen molar-refractivity contribution < 1.29 is 17.6 Å². The van der Waals surface area contributed by atoms with E-state index in [4.69, 9.17) is 0 Å². The van der Waals surface area contributed by atoms with Crippen LogP contribution >= 0.6 is 0 Å². The van der Waals surface area contributed by atoms with Gasteiger partial charge in [-0.25, -0.2) is 4.39 Å². The molecule has 0 radical (unpaired) electrons. The first-order valence-electron chi connectivity index (χ1n) is 7.65. The normalized spacial score (nSPS) is 28.4. The minimum absolute atomic E-state index is 0.373. The van der Waals surface area contributed by atoms with Crippen molar-refractivity contribution in [2.45, 2.75) is 56.5 Å². The van der Waals surface area contributed by atoms with Crippen LogP contribution in [0.2, 0.25) is 0 Å². The zero-order valence-corrected chi connectivity index (χ0v) is 12.5. The molecule has 22 heavy (non-hydrogen) atoms. The SMILES string of the molecule is CN(Cc1ccc(F)c(C(F)(F)F)c1)C1CC2CCC(C1)N2. The molecule has 2 bridgehead atoms. The van der Waals surface area contributed by atoms with Crippen LogP contribution < -0.4 is 5.32 Å². The Morgan fingerprint density at radius 1 is 1.18 bits per heavy atom. The van der Waals surface area contributed by atoms with E-state index in [1.54, 1.807) is 0 Å². The quantitative estimate of drug-likeness (QED) is 0.858. The summed E-state index contributed by atoms with van der Waals surface area (Å²) in [7, 11) is 1.94. The molecule has 0 aliphatic carbocycles. The molecular formula is C16H20F4N2. The molecule has 6 heteroatoms. The van der Waals surface area contributed by atoms with Crippen LogP contribution in [0.5, 0.6) is 0 Å². The van der Waals surface area contributed by atoms with Gasteiger partial charge in [0.2, 0.25) is 0 Å². The highest BCUT2D eigenvalue weighted by atomic mass is 19.4. The first-order chi connectivity index (χ1) is 10.3.